The highest BCUT2D eigenvalue weighted by atomic mass is 19.2. The van der Waals surface area contributed by atoms with Crippen molar-refractivity contribution in [1.82, 2.24) is 10.9 Å². The number of hydrogen-bond donors (Lipinski definition) is 5. The van der Waals surface area contributed by atoms with Crippen LogP contribution in [-0.4, -0.2) is 27.1 Å². The summed E-state index contributed by atoms with van der Waals surface area (Å²) in [5.74, 6) is -16.0. The summed E-state index contributed by atoms with van der Waals surface area (Å²) in [6.45, 7) is 1.32. The molecule has 1 atom stereocenters. The second-order valence-corrected chi connectivity index (χ2v) is 5.49. The molecule has 2 aromatic rings. The maximum Gasteiger partial charge on any atom is 0.273 e. The number of rotatable bonds is 3. The van der Waals surface area contributed by atoms with E-state index in [4.69, 9.17) is 0 Å². The molecule has 0 radical (unpaired) electrons. The number of hydrogen-bond acceptors (Lipinski definition) is 5. The summed E-state index contributed by atoms with van der Waals surface area (Å²) >= 11 is 0. The van der Waals surface area contributed by atoms with E-state index in [1.165, 1.54) is 12.3 Å². The average molecular weight is 406 g/mol. The Kier molecular flexibility index (Phi) is 5.73. The van der Waals surface area contributed by atoms with E-state index < -0.39 is 63.9 Å². The number of phenols is 2. The number of aliphatic hydroxyl groups excluding tert-OH is 1. The maximum atomic E-state index is 13.6. The summed E-state index contributed by atoms with van der Waals surface area (Å²) in [5.41, 5.74) is 1.07. The van der Waals surface area contributed by atoms with Gasteiger partial charge in [0.15, 0.2) is 29.4 Å². The molecule has 0 aliphatic heterocycles. The lowest BCUT2D eigenvalue weighted by molar-refractivity contribution is -0.130. The predicted octanol–water partition coefficient (Wildman–Crippen LogP) is 1.60. The Morgan fingerprint density at radius 2 is 1.39 bits per heavy atom. The van der Waals surface area contributed by atoms with Gasteiger partial charge in [-0.25, -0.2) is 22.0 Å². The van der Waals surface area contributed by atoms with Crippen molar-refractivity contribution in [3.8, 4) is 11.5 Å². The van der Waals surface area contributed by atoms with Crippen LogP contribution < -0.4 is 10.9 Å². The highest BCUT2D eigenvalue weighted by Crippen LogP contribution is 2.28. The van der Waals surface area contributed by atoms with E-state index in [-0.39, 0.29) is 11.3 Å². The number of halogens is 5. The second kappa shape index (κ2) is 7.68. The summed E-state index contributed by atoms with van der Waals surface area (Å²) in [4.78, 5) is 23.7. The molecule has 12 heteroatoms. The molecule has 0 saturated carbocycles. The summed E-state index contributed by atoms with van der Waals surface area (Å²) in [5, 5.41) is 28.6. The van der Waals surface area contributed by atoms with Crippen LogP contribution in [0.2, 0.25) is 0 Å². The number of aliphatic hydroxyl groups is 1. The number of carbonyl (C=O) groups excluding carboxylic acids is 2. The molecular weight excluding hydrogens is 395 g/mol. The number of benzene rings is 2. The van der Waals surface area contributed by atoms with Crippen molar-refractivity contribution < 1.29 is 46.9 Å². The van der Waals surface area contributed by atoms with Gasteiger partial charge in [0.1, 0.15) is 11.5 Å². The van der Waals surface area contributed by atoms with Gasteiger partial charge in [0.05, 0.1) is 11.1 Å². The molecule has 1 unspecified atom stereocenters. The van der Waals surface area contributed by atoms with Gasteiger partial charge in [-0.15, -0.1) is 0 Å². The molecule has 2 amide bonds. The molecule has 7 nitrogen and oxygen atoms in total. The van der Waals surface area contributed by atoms with Gasteiger partial charge in [0, 0.05) is 6.07 Å². The standard InChI is InChI=1S/C16H11F5N2O5/c1-4-2-5(24)3-6(25)7(4)15(27)22-23-16(28)14(26)8-9(17)11(19)13(21)12(20)10(8)18/h2-3,14,24-26H,1H3,(H,22,27)(H,23,28). The fraction of sp³-hybridized carbons (Fsp3) is 0.125. The van der Waals surface area contributed by atoms with Gasteiger partial charge in [0.25, 0.3) is 11.8 Å². The molecule has 0 aliphatic rings. The van der Waals surface area contributed by atoms with Crippen LogP contribution in [0.25, 0.3) is 0 Å². The zero-order valence-corrected chi connectivity index (χ0v) is 13.8. The fourth-order valence-corrected chi connectivity index (χ4v) is 2.29. The van der Waals surface area contributed by atoms with Crippen molar-refractivity contribution in [2.24, 2.45) is 0 Å². The third-order valence-corrected chi connectivity index (χ3v) is 3.59. The lowest BCUT2D eigenvalue weighted by Gasteiger charge is -2.15. The number of carbonyl (C=O) groups is 2. The van der Waals surface area contributed by atoms with E-state index in [9.17, 15) is 46.9 Å². The third-order valence-electron chi connectivity index (χ3n) is 3.59. The highest BCUT2D eigenvalue weighted by molar-refractivity contribution is 5.99. The van der Waals surface area contributed by atoms with Crippen LogP contribution in [0.5, 0.6) is 11.5 Å². The number of nitrogens with one attached hydrogen (secondary N) is 2. The van der Waals surface area contributed by atoms with Crippen LogP contribution in [0.1, 0.15) is 27.6 Å². The molecule has 2 aromatic carbocycles. The van der Waals surface area contributed by atoms with Gasteiger partial charge in [-0.2, -0.15) is 0 Å². The average Bonchev–Trinajstić information content (AvgIpc) is 2.62. The number of phenolic OH excluding ortho intramolecular Hbond substituents is 2. The molecule has 2 rings (SSSR count). The first kappa shape index (κ1) is 20.9. The molecule has 0 heterocycles. The predicted molar refractivity (Wildman–Crippen MR) is 81.3 cm³/mol. The molecule has 150 valence electrons. The lowest BCUT2D eigenvalue weighted by Crippen LogP contribution is -2.44. The molecule has 0 bridgehead atoms. The van der Waals surface area contributed by atoms with Crippen molar-refractivity contribution in [2.45, 2.75) is 13.0 Å². The van der Waals surface area contributed by atoms with Gasteiger partial charge in [-0.1, -0.05) is 0 Å². The SMILES string of the molecule is Cc1cc(O)cc(O)c1C(=O)NNC(=O)C(O)c1c(F)c(F)c(F)c(F)c1F. The minimum atomic E-state index is -2.86. The molecule has 0 fully saturated rings. The third kappa shape index (κ3) is 3.67. The first-order valence-corrected chi connectivity index (χ1v) is 7.29. The minimum absolute atomic E-state index is 0.0737. The minimum Gasteiger partial charge on any atom is -0.508 e. The Bertz CT molecular complexity index is 930. The molecular formula is C16H11F5N2O5. The van der Waals surface area contributed by atoms with E-state index in [1.54, 1.807) is 5.43 Å². The van der Waals surface area contributed by atoms with Gasteiger partial charge in [0.2, 0.25) is 5.82 Å². The van der Waals surface area contributed by atoms with Crippen molar-refractivity contribution >= 4 is 11.8 Å². The van der Waals surface area contributed by atoms with Crippen LogP contribution in [0.15, 0.2) is 12.1 Å². The fourth-order valence-electron chi connectivity index (χ4n) is 2.29. The van der Waals surface area contributed by atoms with E-state index in [2.05, 4.69) is 0 Å². The summed E-state index contributed by atoms with van der Waals surface area (Å²) in [6, 6.07) is 1.91. The Balaban J connectivity index is 2.22. The van der Waals surface area contributed by atoms with Gasteiger partial charge < -0.3 is 15.3 Å². The summed E-state index contributed by atoms with van der Waals surface area (Å²) in [7, 11) is 0. The Morgan fingerprint density at radius 3 is 1.89 bits per heavy atom. The highest BCUT2D eigenvalue weighted by Gasteiger charge is 2.33. The Hall–Kier alpha value is -3.41. The van der Waals surface area contributed by atoms with E-state index in [0.717, 1.165) is 12.1 Å². The number of aromatic hydroxyl groups is 2. The van der Waals surface area contributed by atoms with Crippen molar-refractivity contribution in [3.63, 3.8) is 0 Å². The molecule has 28 heavy (non-hydrogen) atoms. The normalized spacial score (nSPS) is 11.8. The molecule has 0 aliphatic carbocycles. The van der Waals surface area contributed by atoms with Crippen LogP contribution in [0, 0.1) is 36.0 Å². The number of amides is 2. The van der Waals surface area contributed by atoms with Crippen molar-refractivity contribution in [2.75, 3.05) is 0 Å². The molecule has 0 saturated heterocycles. The monoisotopic (exact) mass is 406 g/mol. The van der Waals surface area contributed by atoms with Crippen LogP contribution in [-0.2, 0) is 4.79 Å². The van der Waals surface area contributed by atoms with E-state index in [0.29, 0.717) is 0 Å². The molecule has 0 aromatic heterocycles. The van der Waals surface area contributed by atoms with Crippen molar-refractivity contribution in [3.05, 3.63) is 57.9 Å². The largest absolute Gasteiger partial charge is 0.508 e. The van der Waals surface area contributed by atoms with Gasteiger partial charge in [-0.3, -0.25) is 20.4 Å². The summed E-state index contributed by atoms with van der Waals surface area (Å²) < 4.78 is 66.6. The molecule has 5 N–H and O–H groups in total. The van der Waals surface area contributed by atoms with Crippen LogP contribution in [0.3, 0.4) is 0 Å². The lowest BCUT2D eigenvalue weighted by atomic mass is 10.1. The quantitative estimate of drug-likeness (QED) is 0.230. The first-order chi connectivity index (χ1) is 13.0. The summed E-state index contributed by atoms with van der Waals surface area (Å²) in [6.07, 6.45) is -2.86. The van der Waals surface area contributed by atoms with Crippen LogP contribution in [0.4, 0.5) is 22.0 Å². The van der Waals surface area contributed by atoms with Crippen LogP contribution >= 0.6 is 0 Å². The Morgan fingerprint density at radius 1 is 0.893 bits per heavy atom. The number of hydrazine groups is 1. The number of aryl methyl sites for hydroxylation is 1. The zero-order chi connectivity index (χ0) is 21.3. The first-order valence-electron chi connectivity index (χ1n) is 7.29. The second-order valence-electron chi connectivity index (χ2n) is 5.49. The van der Waals surface area contributed by atoms with E-state index >= 15 is 0 Å². The smallest absolute Gasteiger partial charge is 0.273 e. The maximum absolute atomic E-state index is 13.6. The zero-order valence-electron chi connectivity index (χ0n) is 13.8. The van der Waals surface area contributed by atoms with Gasteiger partial charge in [-0.05, 0) is 18.6 Å². The van der Waals surface area contributed by atoms with Gasteiger partial charge >= 0.3 is 0 Å². The Labute approximate surface area is 153 Å². The van der Waals surface area contributed by atoms with Crippen molar-refractivity contribution in [1.29, 1.82) is 0 Å². The topological polar surface area (TPSA) is 119 Å². The van der Waals surface area contributed by atoms with E-state index in [1.807, 2.05) is 0 Å². The molecule has 0 spiro atoms.